The Bertz CT molecular complexity index is 307. The molecule has 1 aromatic rings. The Kier molecular flexibility index (Phi) is 4.74. The van der Waals surface area contributed by atoms with Crippen molar-refractivity contribution >= 4 is 11.3 Å². The molecule has 1 rings (SSSR count). The van der Waals surface area contributed by atoms with Crippen molar-refractivity contribution in [3.8, 4) is 0 Å². The standard InChI is InChI=1S/C12H22N2S/c1-6-8(3)12-14-10(5)11(15-12)9(4)13-7-2/h8-9,13H,6-7H2,1-5H3. The normalized spacial score (nSPS) is 15.3. The zero-order chi connectivity index (χ0) is 11.4. The molecule has 0 fully saturated rings. The van der Waals surface area contributed by atoms with Crippen LogP contribution in [-0.2, 0) is 0 Å². The van der Waals surface area contributed by atoms with Crippen molar-refractivity contribution in [3.63, 3.8) is 0 Å². The number of thiazole rings is 1. The number of nitrogens with zero attached hydrogens (tertiary/aromatic N) is 1. The van der Waals surface area contributed by atoms with Gasteiger partial charge in [0.15, 0.2) is 0 Å². The third-order valence-electron chi connectivity index (χ3n) is 2.79. The Morgan fingerprint density at radius 1 is 1.33 bits per heavy atom. The molecule has 1 N–H and O–H groups in total. The lowest BCUT2D eigenvalue weighted by Crippen LogP contribution is -2.17. The molecule has 0 amide bonds. The second-order valence-electron chi connectivity index (χ2n) is 4.09. The molecule has 0 aliphatic rings. The molecule has 0 bridgehead atoms. The molecule has 2 unspecified atom stereocenters. The fourth-order valence-electron chi connectivity index (χ4n) is 1.62. The van der Waals surface area contributed by atoms with Crippen LogP contribution in [0.2, 0.25) is 0 Å². The number of rotatable bonds is 5. The van der Waals surface area contributed by atoms with Gasteiger partial charge in [-0.2, -0.15) is 0 Å². The van der Waals surface area contributed by atoms with Gasteiger partial charge in [0.2, 0.25) is 0 Å². The number of nitrogens with one attached hydrogen (secondary N) is 1. The average molecular weight is 226 g/mol. The maximum atomic E-state index is 4.66. The molecule has 0 aliphatic carbocycles. The summed E-state index contributed by atoms with van der Waals surface area (Å²) in [5.41, 5.74) is 1.20. The predicted molar refractivity (Wildman–Crippen MR) is 67.6 cm³/mol. The van der Waals surface area contributed by atoms with E-state index in [-0.39, 0.29) is 0 Å². The minimum atomic E-state index is 0.435. The second kappa shape index (κ2) is 5.61. The highest BCUT2D eigenvalue weighted by Crippen LogP contribution is 2.30. The first kappa shape index (κ1) is 12.7. The summed E-state index contributed by atoms with van der Waals surface area (Å²) < 4.78 is 0. The van der Waals surface area contributed by atoms with Crippen molar-refractivity contribution in [2.45, 2.75) is 53.0 Å². The van der Waals surface area contributed by atoms with Gasteiger partial charge in [-0.25, -0.2) is 4.98 Å². The maximum absolute atomic E-state index is 4.66. The van der Waals surface area contributed by atoms with Gasteiger partial charge in [0.1, 0.15) is 0 Å². The zero-order valence-corrected chi connectivity index (χ0v) is 11.2. The van der Waals surface area contributed by atoms with Crippen LogP contribution in [0, 0.1) is 6.92 Å². The van der Waals surface area contributed by atoms with Crippen molar-refractivity contribution in [2.24, 2.45) is 0 Å². The molecule has 0 spiro atoms. The first-order chi connectivity index (χ1) is 7.10. The van der Waals surface area contributed by atoms with E-state index in [1.54, 1.807) is 0 Å². The zero-order valence-electron chi connectivity index (χ0n) is 10.4. The van der Waals surface area contributed by atoms with Crippen molar-refractivity contribution in [2.75, 3.05) is 6.54 Å². The minimum absolute atomic E-state index is 0.435. The maximum Gasteiger partial charge on any atom is 0.0959 e. The van der Waals surface area contributed by atoms with Gasteiger partial charge >= 0.3 is 0 Å². The smallest absolute Gasteiger partial charge is 0.0959 e. The summed E-state index contributed by atoms with van der Waals surface area (Å²) >= 11 is 1.87. The topological polar surface area (TPSA) is 24.9 Å². The molecule has 3 heteroatoms. The summed E-state index contributed by atoms with van der Waals surface area (Å²) in [7, 11) is 0. The highest BCUT2D eigenvalue weighted by molar-refractivity contribution is 7.11. The molecule has 2 atom stereocenters. The number of hydrogen-bond donors (Lipinski definition) is 1. The van der Waals surface area contributed by atoms with E-state index in [0.29, 0.717) is 12.0 Å². The summed E-state index contributed by atoms with van der Waals surface area (Å²) in [5, 5.41) is 4.73. The van der Waals surface area contributed by atoms with Crippen LogP contribution in [0.5, 0.6) is 0 Å². The summed E-state index contributed by atoms with van der Waals surface area (Å²) in [4.78, 5) is 6.06. The molecule has 0 saturated heterocycles. The first-order valence-corrected chi connectivity index (χ1v) is 6.62. The summed E-state index contributed by atoms with van der Waals surface area (Å²) in [6.45, 7) is 11.9. The van der Waals surface area contributed by atoms with E-state index in [9.17, 15) is 0 Å². The minimum Gasteiger partial charge on any atom is -0.310 e. The third kappa shape index (κ3) is 3.02. The summed E-state index contributed by atoms with van der Waals surface area (Å²) in [5.74, 6) is 0.594. The van der Waals surface area contributed by atoms with E-state index in [2.05, 4.69) is 44.9 Å². The molecule has 2 nitrogen and oxygen atoms in total. The van der Waals surface area contributed by atoms with E-state index >= 15 is 0 Å². The highest BCUT2D eigenvalue weighted by Gasteiger charge is 2.15. The van der Waals surface area contributed by atoms with Gasteiger partial charge in [0.25, 0.3) is 0 Å². The van der Waals surface area contributed by atoms with Crippen LogP contribution in [0.1, 0.15) is 61.7 Å². The van der Waals surface area contributed by atoms with Gasteiger partial charge in [-0.1, -0.05) is 20.8 Å². The van der Waals surface area contributed by atoms with Crippen molar-refractivity contribution in [1.82, 2.24) is 10.3 Å². The van der Waals surface area contributed by atoms with Crippen LogP contribution < -0.4 is 5.32 Å². The quantitative estimate of drug-likeness (QED) is 0.829. The first-order valence-electron chi connectivity index (χ1n) is 5.80. The third-order valence-corrected chi connectivity index (χ3v) is 4.36. The van der Waals surface area contributed by atoms with Gasteiger partial charge in [0, 0.05) is 16.8 Å². The number of aryl methyl sites for hydroxylation is 1. The molecular formula is C12H22N2S. The fraction of sp³-hybridized carbons (Fsp3) is 0.750. The second-order valence-corrected chi connectivity index (χ2v) is 5.15. The average Bonchev–Trinajstić information content (AvgIpc) is 2.59. The Morgan fingerprint density at radius 2 is 2.00 bits per heavy atom. The molecule has 1 heterocycles. The van der Waals surface area contributed by atoms with E-state index in [1.165, 1.54) is 22.0 Å². The van der Waals surface area contributed by atoms with Crippen LogP contribution >= 0.6 is 11.3 Å². The van der Waals surface area contributed by atoms with Gasteiger partial charge in [-0.15, -0.1) is 11.3 Å². The van der Waals surface area contributed by atoms with Gasteiger partial charge in [-0.05, 0) is 26.8 Å². The van der Waals surface area contributed by atoms with Crippen molar-refractivity contribution < 1.29 is 0 Å². The lowest BCUT2D eigenvalue weighted by atomic mass is 10.1. The Hall–Kier alpha value is -0.410. The molecule has 15 heavy (non-hydrogen) atoms. The van der Waals surface area contributed by atoms with E-state index in [4.69, 9.17) is 0 Å². The lowest BCUT2D eigenvalue weighted by Gasteiger charge is -2.10. The molecule has 0 aliphatic heterocycles. The number of aromatic nitrogens is 1. The molecule has 0 saturated carbocycles. The largest absolute Gasteiger partial charge is 0.310 e. The molecule has 0 radical (unpaired) electrons. The Labute approximate surface area is 97.1 Å². The molecular weight excluding hydrogens is 204 g/mol. The van der Waals surface area contributed by atoms with E-state index in [0.717, 1.165) is 6.54 Å². The van der Waals surface area contributed by atoms with Crippen LogP contribution in [0.25, 0.3) is 0 Å². The predicted octanol–water partition coefficient (Wildman–Crippen LogP) is 3.64. The summed E-state index contributed by atoms with van der Waals surface area (Å²) in [6.07, 6.45) is 1.17. The number of hydrogen-bond acceptors (Lipinski definition) is 3. The van der Waals surface area contributed by atoms with Crippen LogP contribution in [0.3, 0.4) is 0 Å². The van der Waals surface area contributed by atoms with Crippen molar-refractivity contribution in [3.05, 3.63) is 15.6 Å². The van der Waals surface area contributed by atoms with Gasteiger partial charge in [0.05, 0.1) is 10.7 Å². The van der Waals surface area contributed by atoms with E-state index in [1.807, 2.05) is 11.3 Å². The Balaban J connectivity index is 2.85. The lowest BCUT2D eigenvalue weighted by molar-refractivity contribution is 0.603. The monoisotopic (exact) mass is 226 g/mol. The SMILES string of the molecule is CCNC(C)c1sc(C(C)CC)nc1C. The van der Waals surface area contributed by atoms with Gasteiger partial charge in [-0.3, -0.25) is 0 Å². The highest BCUT2D eigenvalue weighted by atomic mass is 32.1. The molecule has 0 aromatic carbocycles. The summed E-state index contributed by atoms with van der Waals surface area (Å²) in [6, 6.07) is 0.435. The van der Waals surface area contributed by atoms with Crippen LogP contribution in [0.15, 0.2) is 0 Å². The molecule has 1 aromatic heterocycles. The van der Waals surface area contributed by atoms with E-state index < -0.39 is 0 Å². The van der Waals surface area contributed by atoms with Crippen LogP contribution in [0.4, 0.5) is 0 Å². The Morgan fingerprint density at radius 3 is 2.53 bits per heavy atom. The fourth-order valence-corrected chi connectivity index (χ4v) is 2.84. The van der Waals surface area contributed by atoms with Gasteiger partial charge < -0.3 is 5.32 Å². The van der Waals surface area contributed by atoms with Crippen LogP contribution in [-0.4, -0.2) is 11.5 Å². The van der Waals surface area contributed by atoms with Crippen molar-refractivity contribution in [1.29, 1.82) is 0 Å². The molecule has 86 valence electrons.